The Balaban J connectivity index is 1.47. The summed E-state index contributed by atoms with van der Waals surface area (Å²) in [5.41, 5.74) is 1.16. The number of sulfonamides is 1. The van der Waals surface area contributed by atoms with Gasteiger partial charge in [-0.1, -0.05) is 5.16 Å². The minimum atomic E-state index is -3.70. The van der Waals surface area contributed by atoms with Crippen molar-refractivity contribution in [1.82, 2.24) is 24.7 Å². The first-order chi connectivity index (χ1) is 14.0. The third-order valence-electron chi connectivity index (χ3n) is 4.81. The van der Waals surface area contributed by atoms with Crippen molar-refractivity contribution in [3.63, 3.8) is 0 Å². The maximum Gasteiger partial charge on any atom is 0.244 e. The first-order valence-corrected chi connectivity index (χ1v) is 10.4. The molecule has 1 saturated heterocycles. The first-order valence-electron chi connectivity index (χ1n) is 8.93. The summed E-state index contributed by atoms with van der Waals surface area (Å²) in [4.78, 5) is 10.6. The van der Waals surface area contributed by atoms with Crippen molar-refractivity contribution in [1.29, 1.82) is 5.26 Å². The molecule has 2 atom stereocenters. The van der Waals surface area contributed by atoms with E-state index in [1.165, 1.54) is 24.3 Å². The predicted molar refractivity (Wildman–Crippen MR) is 103 cm³/mol. The predicted octanol–water partition coefficient (Wildman–Crippen LogP) is 1.73. The highest BCUT2D eigenvalue weighted by atomic mass is 32.2. The second-order valence-corrected chi connectivity index (χ2v) is 8.56. The molecule has 1 aliphatic rings. The van der Waals surface area contributed by atoms with Gasteiger partial charge in [0.05, 0.1) is 22.6 Å². The zero-order chi connectivity index (χ0) is 20.4. The number of likely N-dealkylation sites (N-methyl/N-ethyl adjacent to an activating group) is 1. The van der Waals surface area contributed by atoms with Crippen molar-refractivity contribution >= 4 is 10.0 Å². The van der Waals surface area contributed by atoms with E-state index in [1.54, 1.807) is 18.5 Å². The van der Waals surface area contributed by atoms with E-state index in [9.17, 15) is 8.42 Å². The summed E-state index contributed by atoms with van der Waals surface area (Å²) in [6, 6.07) is 10.9. The fourth-order valence-corrected chi connectivity index (χ4v) is 4.59. The van der Waals surface area contributed by atoms with Crippen molar-refractivity contribution in [2.24, 2.45) is 0 Å². The number of benzene rings is 1. The van der Waals surface area contributed by atoms with Gasteiger partial charge in [-0.2, -0.15) is 10.2 Å². The summed E-state index contributed by atoms with van der Waals surface area (Å²) in [5.74, 6) is 0.884. The Bertz CT molecular complexity index is 1140. The number of aromatic nitrogens is 3. The van der Waals surface area contributed by atoms with Crippen LogP contribution >= 0.6 is 0 Å². The van der Waals surface area contributed by atoms with Crippen LogP contribution in [0, 0.1) is 11.3 Å². The Morgan fingerprint density at radius 2 is 2.07 bits per heavy atom. The quantitative estimate of drug-likeness (QED) is 0.674. The van der Waals surface area contributed by atoms with E-state index in [1.807, 2.05) is 24.1 Å². The van der Waals surface area contributed by atoms with Gasteiger partial charge in [-0.05, 0) is 49.9 Å². The third-order valence-corrected chi connectivity index (χ3v) is 6.35. The van der Waals surface area contributed by atoms with Gasteiger partial charge < -0.3 is 4.52 Å². The molecule has 1 aliphatic heterocycles. The van der Waals surface area contributed by atoms with Crippen LogP contribution in [-0.2, 0) is 10.0 Å². The summed E-state index contributed by atoms with van der Waals surface area (Å²) in [5, 5.41) is 12.9. The molecule has 2 unspecified atom stereocenters. The van der Waals surface area contributed by atoms with Gasteiger partial charge in [0, 0.05) is 30.5 Å². The number of hydrogen-bond donors (Lipinski definition) is 1. The summed E-state index contributed by atoms with van der Waals surface area (Å²) < 4.78 is 33.5. The van der Waals surface area contributed by atoms with Crippen molar-refractivity contribution in [3.8, 4) is 17.5 Å². The van der Waals surface area contributed by atoms with Crippen LogP contribution in [0.4, 0.5) is 0 Å². The molecule has 1 aromatic carbocycles. The van der Waals surface area contributed by atoms with Gasteiger partial charge in [0.1, 0.15) is 0 Å². The van der Waals surface area contributed by atoms with E-state index in [2.05, 4.69) is 19.8 Å². The molecule has 29 heavy (non-hydrogen) atoms. The van der Waals surface area contributed by atoms with Gasteiger partial charge in [-0.15, -0.1) is 0 Å². The molecule has 0 spiro atoms. The average Bonchev–Trinajstić information content (AvgIpc) is 3.35. The fraction of sp³-hybridized carbons (Fsp3) is 0.263. The van der Waals surface area contributed by atoms with Gasteiger partial charge >= 0.3 is 0 Å². The minimum Gasteiger partial charge on any atom is -0.337 e. The van der Waals surface area contributed by atoms with Crippen molar-refractivity contribution < 1.29 is 12.9 Å². The van der Waals surface area contributed by atoms with Gasteiger partial charge in [-0.3, -0.25) is 9.88 Å². The Kier molecular flexibility index (Phi) is 5.10. The lowest BCUT2D eigenvalue weighted by atomic mass is 10.2. The summed E-state index contributed by atoms with van der Waals surface area (Å²) >= 11 is 0. The van der Waals surface area contributed by atoms with Crippen LogP contribution < -0.4 is 4.72 Å². The number of hydrogen-bond acceptors (Lipinski definition) is 8. The van der Waals surface area contributed by atoms with E-state index in [-0.39, 0.29) is 17.0 Å². The fourth-order valence-electron chi connectivity index (χ4n) is 3.35. The summed E-state index contributed by atoms with van der Waals surface area (Å²) in [6.45, 7) is 0.505. The highest BCUT2D eigenvalue weighted by Gasteiger charge is 2.36. The highest BCUT2D eigenvalue weighted by molar-refractivity contribution is 7.89. The summed E-state index contributed by atoms with van der Waals surface area (Å²) in [7, 11) is -1.81. The third kappa shape index (κ3) is 4.02. The first kappa shape index (κ1) is 19.2. The molecular formula is C19H18N6O3S. The van der Waals surface area contributed by atoms with Crippen LogP contribution in [0.25, 0.3) is 11.4 Å². The largest absolute Gasteiger partial charge is 0.337 e. The second kappa shape index (κ2) is 7.71. The monoisotopic (exact) mass is 410 g/mol. The molecule has 2 aromatic heterocycles. The number of likely N-dealkylation sites (tertiary alicyclic amines) is 1. The van der Waals surface area contributed by atoms with Crippen LogP contribution in [-0.4, -0.2) is 48.1 Å². The van der Waals surface area contributed by atoms with Crippen LogP contribution in [0.2, 0.25) is 0 Å². The van der Waals surface area contributed by atoms with Gasteiger partial charge in [0.25, 0.3) is 0 Å². The molecule has 1 fully saturated rings. The number of pyridine rings is 1. The van der Waals surface area contributed by atoms with E-state index in [0.717, 1.165) is 5.56 Å². The molecule has 3 aromatic rings. The molecule has 3 heterocycles. The normalized spacial score (nSPS) is 19.9. The van der Waals surface area contributed by atoms with Gasteiger partial charge in [-0.25, -0.2) is 13.1 Å². The maximum absolute atomic E-state index is 12.7. The molecule has 0 aliphatic carbocycles. The molecule has 1 N–H and O–H groups in total. The van der Waals surface area contributed by atoms with Crippen molar-refractivity contribution in [3.05, 3.63) is 60.2 Å². The van der Waals surface area contributed by atoms with E-state index in [0.29, 0.717) is 30.2 Å². The van der Waals surface area contributed by atoms with Crippen LogP contribution in [0.1, 0.15) is 23.9 Å². The maximum atomic E-state index is 12.7. The van der Waals surface area contributed by atoms with E-state index in [4.69, 9.17) is 9.78 Å². The minimum absolute atomic E-state index is 0.124. The van der Waals surface area contributed by atoms with Crippen molar-refractivity contribution in [2.75, 3.05) is 13.6 Å². The second-order valence-electron chi connectivity index (χ2n) is 6.84. The number of nitrogens with zero attached hydrogens (tertiary/aromatic N) is 5. The molecule has 0 radical (unpaired) electrons. The SMILES string of the molecule is CN1CC(NS(=O)(=O)c2ccc(C#N)cc2)CC1c1nc(-c2cccnc2)no1. The Morgan fingerprint density at radius 3 is 2.76 bits per heavy atom. The van der Waals surface area contributed by atoms with Crippen molar-refractivity contribution in [2.45, 2.75) is 23.4 Å². The average molecular weight is 410 g/mol. The topological polar surface area (TPSA) is 125 Å². The number of nitriles is 1. The molecule has 9 nitrogen and oxygen atoms in total. The molecule has 0 bridgehead atoms. The molecule has 0 amide bonds. The lowest BCUT2D eigenvalue weighted by Crippen LogP contribution is -2.36. The lowest BCUT2D eigenvalue weighted by Gasteiger charge is -2.14. The Morgan fingerprint density at radius 1 is 1.28 bits per heavy atom. The van der Waals surface area contributed by atoms with E-state index >= 15 is 0 Å². The summed E-state index contributed by atoms with van der Waals surface area (Å²) in [6.07, 6.45) is 3.82. The number of rotatable bonds is 5. The molecule has 148 valence electrons. The molecular weight excluding hydrogens is 392 g/mol. The molecule has 0 saturated carbocycles. The van der Waals surface area contributed by atoms with E-state index < -0.39 is 10.0 Å². The highest BCUT2D eigenvalue weighted by Crippen LogP contribution is 2.31. The zero-order valence-electron chi connectivity index (χ0n) is 15.6. The number of nitrogens with one attached hydrogen (secondary N) is 1. The molecule has 4 rings (SSSR count). The Hall–Kier alpha value is -3.13. The van der Waals surface area contributed by atoms with Crippen LogP contribution in [0.5, 0.6) is 0 Å². The standard InChI is InChI=1S/C19H18N6O3S/c1-25-12-15(24-29(26,27)16-6-4-13(10-20)5-7-16)9-17(25)19-22-18(23-28-19)14-3-2-8-21-11-14/h2-8,11,15,17,24H,9,12H2,1H3. The van der Waals surface area contributed by atoms with Crippen LogP contribution in [0.15, 0.2) is 58.2 Å². The molecule has 10 heteroatoms. The lowest BCUT2D eigenvalue weighted by molar-refractivity contribution is 0.244. The smallest absolute Gasteiger partial charge is 0.244 e. The van der Waals surface area contributed by atoms with Crippen LogP contribution in [0.3, 0.4) is 0 Å². The zero-order valence-corrected chi connectivity index (χ0v) is 16.4. The van der Waals surface area contributed by atoms with Gasteiger partial charge in [0.15, 0.2) is 0 Å². The Labute approximate surface area is 168 Å². The van der Waals surface area contributed by atoms with Gasteiger partial charge in [0.2, 0.25) is 21.7 Å².